The first-order valence-electron chi connectivity index (χ1n) is 9.56. The van der Waals surface area contributed by atoms with E-state index in [1.807, 2.05) is 0 Å². The molecule has 23 heavy (non-hydrogen) atoms. The second-order valence-corrected chi connectivity index (χ2v) is 7.20. The lowest BCUT2D eigenvalue weighted by molar-refractivity contribution is -0.121. The predicted octanol–water partition coefficient (Wildman–Crippen LogP) is 1.90. The second-order valence-electron chi connectivity index (χ2n) is 7.20. The van der Waals surface area contributed by atoms with Crippen molar-refractivity contribution in [2.45, 2.75) is 63.8 Å². The lowest BCUT2D eigenvalue weighted by Crippen LogP contribution is -2.41. The largest absolute Gasteiger partial charge is 0.379 e. The van der Waals surface area contributed by atoms with Gasteiger partial charge in [-0.15, -0.1) is 0 Å². The van der Waals surface area contributed by atoms with Gasteiger partial charge in [-0.25, -0.2) is 0 Å². The Labute approximate surface area is 141 Å². The van der Waals surface area contributed by atoms with Gasteiger partial charge in [0.2, 0.25) is 5.91 Å². The molecule has 0 unspecified atom stereocenters. The molecule has 5 nitrogen and oxygen atoms in total. The highest BCUT2D eigenvalue weighted by atomic mass is 16.5. The summed E-state index contributed by atoms with van der Waals surface area (Å²) >= 11 is 0. The predicted molar refractivity (Wildman–Crippen MR) is 93.3 cm³/mol. The van der Waals surface area contributed by atoms with Crippen LogP contribution >= 0.6 is 0 Å². The molecule has 1 atom stereocenters. The first-order valence-corrected chi connectivity index (χ1v) is 9.56. The van der Waals surface area contributed by atoms with Crippen molar-refractivity contribution in [1.29, 1.82) is 0 Å². The summed E-state index contributed by atoms with van der Waals surface area (Å²) in [6.45, 7) is 5.25. The molecule has 2 rings (SSSR count). The molecule has 0 aromatic heterocycles. The fourth-order valence-electron chi connectivity index (χ4n) is 3.76. The molecular formula is C18H35N3O2. The topological polar surface area (TPSA) is 67.6 Å². The number of rotatable bonds is 9. The maximum atomic E-state index is 11.9. The van der Waals surface area contributed by atoms with Crippen molar-refractivity contribution in [3.05, 3.63) is 0 Å². The highest BCUT2D eigenvalue weighted by Gasteiger charge is 2.17. The maximum Gasteiger partial charge on any atom is 0.220 e. The van der Waals surface area contributed by atoms with Crippen LogP contribution < -0.4 is 11.1 Å². The maximum absolute atomic E-state index is 11.9. The van der Waals surface area contributed by atoms with Crippen LogP contribution in [-0.4, -0.2) is 56.2 Å². The fourth-order valence-corrected chi connectivity index (χ4v) is 3.76. The molecule has 1 aliphatic carbocycles. The van der Waals surface area contributed by atoms with Crippen LogP contribution in [0.1, 0.15) is 57.8 Å². The Bertz CT molecular complexity index is 326. The Morgan fingerprint density at radius 2 is 1.96 bits per heavy atom. The summed E-state index contributed by atoms with van der Waals surface area (Å²) in [4.78, 5) is 14.2. The average Bonchev–Trinajstić information content (AvgIpc) is 2.57. The molecule has 2 fully saturated rings. The van der Waals surface area contributed by atoms with E-state index in [1.165, 1.54) is 32.1 Å². The Balaban J connectivity index is 1.45. The molecule has 0 spiro atoms. The average molecular weight is 325 g/mol. The van der Waals surface area contributed by atoms with E-state index in [-0.39, 0.29) is 11.9 Å². The van der Waals surface area contributed by atoms with Crippen LogP contribution in [-0.2, 0) is 9.53 Å². The molecule has 1 saturated carbocycles. The number of nitrogens with one attached hydrogen (secondary N) is 1. The molecular weight excluding hydrogens is 290 g/mol. The van der Waals surface area contributed by atoms with E-state index in [0.29, 0.717) is 6.42 Å². The van der Waals surface area contributed by atoms with Crippen molar-refractivity contribution < 1.29 is 9.53 Å². The number of nitrogens with zero attached hydrogens (tertiary/aromatic N) is 1. The van der Waals surface area contributed by atoms with Crippen molar-refractivity contribution in [3.8, 4) is 0 Å². The summed E-state index contributed by atoms with van der Waals surface area (Å²) in [6.07, 6.45) is 10.5. The number of carbonyl (C=O) groups excluding carboxylic acids is 1. The number of nitrogens with two attached hydrogens (primary N) is 1. The van der Waals surface area contributed by atoms with Gasteiger partial charge in [0.15, 0.2) is 0 Å². The molecule has 3 N–H and O–H groups in total. The number of morpholine rings is 1. The van der Waals surface area contributed by atoms with E-state index < -0.39 is 0 Å². The van der Waals surface area contributed by atoms with Crippen molar-refractivity contribution >= 4 is 5.91 Å². The third-order valence-electron chi connectivity index (χ3n) is 5.19. The highest BCUT2D eigenvalue weighted by molar-refractivity contribution is 5.75. The Kier molecular flexibility index (Phi) is 8.94. The number of carbonyl (C=O) groups is 1. The molecule has 0 aromatic carbocycles. The van der Waals surface area contributed by atoms with Crippen molar-refractivity contribution in [1.82, 2.24) is 10.2 Å². The SMILES string of the molecule is N[C@H](CCCC(=O)NCCN1CCOCC1)CC1CCCCC1. The van der Waals surface area contributed by atoms with E-state index in [1.54, 1.807) is 0 Å². The quantitative estimate of drug-likeness (QED) is 0.679. The van der Waals surface area contributed by atoms with E-state index in [4.69, 9.17) is 10.5 Å². The van der Waals surface area contributed by atoms with Gasteiger partial charge in [0.25, 0.3) is 0 Å². The van der Waals surface area contributed by atoms with Gasteiger partial charge < -0.3 is 15.8 Å². The minimum atomic E-state index is 0.170. The van der Waals surface area contributed by atoms with Crippen molar-refractivity contribution in [3.63, 3.8) is 0 Å². The molecule has 2 aliphatic rings. The van der Waals surface area contributed by atoms with Crippen LogP contribution in [0.3, 0.4) is 0 Å². The van der Waals surface area contributed by atoms with Gasteiger partial charge in [-0.2, -0.15) is 0 Å². The second kappa shape index (κ2) is 11.0. The van der Waals surface area contributed by atoms with E-state index in [2.05, 4.69) is 10.2 Å². The number of hydrogen-bond donors (Lipinski definition) is 2. The molecule has 1 saturated heterocycles. The van der Waals surface area contributed by atoms with Gasteiger partial charge in [0.05, 0.1) is 13.2 Å². The molecule has 0 bridgehead atoms. The fraction of sp³-hybridized carbons (Fsp3) is 0.944. The minimum absolute atomic E-state index is 0.170. The molecule has 5 heteroatoms. The third-order valence-corrected chi connectivity index (χ3v) is 5.19. The lowest BCUT2D eigenvalue weighted by Gasteiger charge is -2.26. The van der Waals surface area contributed by atoms with Gasteiger partial charge in [-0.05, 0) is 25.2 Å². The summed E-state index contributed by atoms with van der Waals surface area (Å²) in [7, 11) is 0. The van der Waals surface area contributed by atoms with Crippen molar-refractivity contribution in [2.75, 3.05) is 39.4 Å². The standard InChI is InChI=1S/C18H35N3O2/c19-17(15-16-5-2-1-3-6-16)7-4-8-18(22)20-9-10-21-11-13-23-14-12-21/h16-17H,1-15,19H2,(H,20,22)/t17-/m1/s1. The summed E-state index contributed by atoms with van der Waals surface area (Å²) in [6, 6.07) is 0.277. The zero-order valence-electron chi connectivity index (χ0n) is 14.6. The van der Waals surface area contributed by atoms with Gasteiger partial charge in [-0.1, -0.05) is 32.1 Å². The molecule has 1 heterocycles. The first-order chi connectivity index (χ1) is 11.2. The molecule has 134 valence electrons. The monoisotopic (exact) mass is 325 g/mol. The van der Waals surface area contributed by atoms with Crippen molar-refractivity contribution in [2.24, 2.45) is 11.7 Å². The van der Waals surface area contributed by atoms with Gasteiger partial charge >= 0.3 is 0 Å². The molecule has 0 radical (unpaired) electrons. The van der Waals surface area contributed by atoms with Crippen LogP contribution in [0.15, 0.2) is 0 Å². The summed E-state index contributed by atoms with van der Waals surface area (Å²) in [5, 5.41) is 3.02. The van der Waals surface area contributed by atoms with E-state index in [9.17, 15) is 4.79 Å². The summed E-state index contributed by atoms with van der Waals surface area (Å²) in [5.74, 6) is 1.00. The lowest BCUT2D eigenvalue weighted by atomic mass is 9.84. The summed E-state index contributed by atoms with van der Waals surface area (Å²) in [5.41, 5.74) is 6.24. The third kappa shape index (κ3) is 8.13. The Hall–Kier alpha value is -0.650. The zero-order chi connectivity index (χ0) is 16.3. The molecule has 1 amide bonds. The summed E-state index contributed by atoms with van der Waals surface area (Å²) < 4.78 is 5.32. The minimum Gasteiger partial charge on any atom is -0.379 e. The normalized spacial score (nSPS) is 22.0. The van der Waals surface area contributed by atoms with Crippen LogP contribution in [0.4, 0.5) is 0 Å². The molecule has 0 aromatic rings. The Morgan fingerprint density at radius 1 is 1.22 bits per heavy atom. The molecule has 1 aliphatic heterocycles. The van der Waals surface area contributed by atoms with E-state index >= 15 is 0 Å². The van der Waals surface area contributed by atoms with E-state index in [0.717, 1.165) is 64.6 Å². The van der Waals surface area contributed by atoms with Crippen LogP contribution in [0, 0.1) is 5.92 Å². The van der Waals surface area contributed by atoms with Gasteiger partial charge in [-0.3, -0.25) is 9.69 Å². The van der Waals surface area contributed by atoms with Gasteiger partial charge in [0.1, 0.15) is 0 Å². The Morgan fingerprint density at radius 3 is 2.70 bits per heavy atom. The van der Waals surface area contributed by atoms with Gasteiger partial charge in [0, 0.05) is 38.6 Å². The smallest absolute Gasteiger partial charge is 0.220 e. The van der Waals surface area contributed by atoms with Crippen LogP contribution in [0.5, 0.6) is 0 Å². The zero-order valence-corrected chi connectivity index (χ0v) is 14.6. The number of amides is 1. The van der Waals surface area contributed by atoms with Crippen LogP contribution in [0.2, 0.25) is 0 Å². The van der Waals surface area contributed by atoms with Crippen LogP contribution in [0.25, 0.3) is 0 Å². The number of ether oxygens (including phenoxy) is 1. The highest BCUT2D eigenvalue weighted by Crippen LogP contribution is 2.27. The number of hydrogen-bond acceptors (Lipinski definition) is 4. The first kappa shape index (κ1) is 18.7.